The molecular formula is C18H25ClN4. The van der Waals surface area contributed by atoms with Crippen molar-refractivity contribution in [2.24, 2.45) is 15.9 Å². The van der Waals surface area contributed by atoms with Crippen LogP contribution in [0.25, 0.3) is 0 Å². The summed E-state index contributed by atoms with van der Waals surface area (Å²) in [6.07, 6.45) is 21.4. The van der Waals surface area contributed by atoms with Crippen LogP contribution in [-0.2, 0) is 0 Å². The van der Waals surface area contributed by atoms with Crippen LogP contribution in [0.2, 0.25) is 0 Å². The number of nitrogens with zero attached hydrogens (tertiary/aromatic N) is 4. The third-order valence-electron chi connectivity index (χ3n) is 2.73. The van der Waals surface area contributed by atoms with E-state index in [1.54, 1.807) is 13.1 Å². The lowest BCUT2D eigenvalue weighted by atomic mass is 10.0. The Morgan fingerprint density at radius 3 is 2.57 bits per heavy atom. The summed E-state index contributed by atoms with van der Waals surface area (Å²) in [5.74, 6) is 3.19. The highest BCUT2D eigenvalue weighted by Crippen LogP contribution is 2.10. The molecule has 0 aliphatic heterocycles. The number of allylic oxidation sites excluding steroid dienone is 6. The Hall–Kier alpha value is -2.09. The van der Waals surface area contributed by atoms with Crippen molar-refractivity contribution in [1.82, 2.24) is 10.0 Å². The molecule has 0 aromatic heterocycles. The van der Waals surface area contributed by atoms with Gasteiger partial charge >= 0.3 is 0 Å². The van der Waals surface area contributed by atoms with Crippen LogP contribution in [0.4, 0.5) is 0 Å². The standard InChI is InChI=1S/C18H25ClN4/c1-6-11-17(12-8-9-14-19)13-10-16-23(22(4)5)18(20-3)21-15-7-2/h2,6,8-12,14-17H,13H2,1,3-5H3/b11-6-,12-8?,14-9+,16-10-,20-18?,21-15-. The molecule has 124 valence electrons. The van der Waals surface area contributed by atoms with Crippen molar-refractivity contribution >= 4 is 23.8 Å². The molecule has 23 heavy (non-hydrogen) atoms. The van der Waals surface area contributed by atoms with Gasteiger partial charge in [-0.15, -0.1) is 6.42 Å². The molecule has 1 unspecified atom stereocenters. The molecule has 0 spiro atoms. The van der Waals surface area contributed by atoms with Crippen LogP contribution >= 0.6 is 11.6 Å². The first-order valence-electron chi connectivity index (χ1n) is 7.25. The zero-order valence-corrected chi connectivity index (χ0v) is 15.0. The van der Waals surface area contributed by atoms with Gasteiger partial charge in [0.2, 0.25) is 5.96 Å². The predicted octanol–water partition coefficient (Wildman–Crippen LogP) is 3.86. The van der Waals surface area contributed by atoms with Crippen molar-refractivity contribution in [3.8, 4) is 12.3 Å². The highest BCUT2D eigenvalue weighted by atomic mass is 35.5. The van der Waals surface area contributed by atoms with Gasteiger partial charge in [-0.3, -0.25) is 4.99 Å². The van der Waals surface area contributed by atoms with E-state index < -0.39 is 0 Å². The second-order valence-electron chi connectivity index (χ2n) is 4.65. The van der Waals surface area contributed by atoms with E-state index in [0.29, 0.717) is 11.9 Å². The van der Waals surface area contributed by atoms with Gasteiger partial charge in [-0.25, -0.2) is 15.0 Å². The molecule has 0 rings (SSSR count). The predicted molar refractivity (Wildman–Crippen MR) is 102 cm³/mol. The van der Waals surface area contributed by atoms with Crippen molar-refractivity contribution < 1.29 is 0 Å². The molecule has 0 aliphatic rings. The van der Waals surface area contributed by atoms with Gasteiger partial charge in [0.05, 0.1) is 6.21 Å². The summed E-state index contributed by atoms with van der Waals surface area (Å²) in [4.78, 5) is 8.29. The number of hydrazine groups is 1. The zero-order chi connectivity index (χ0) is 17.5. The maximum atomic E-state index is 5.52. The molecule has 0 aromatic carbocycles. The number of hydrogen-bond acceptors (Lipinski definition) is 2. The minimum absolute atomic E-state index is 0.296. The van der Waals surface area contributed by atoms with Gasteiger partial charge < -0.3 is 0 Å². The van der Waals surface area contributed by atoms with Crippen molar-refractivity contribution in [1.29, 1.82) is 0 Å². The normalized spacial score (nSPS) is 14.9. The Labute approximate surface area is 145 Å². The van der Waals surface area contributed by atoms with E-state index >= 15 is 0 Å². The van der Waals surface area contributed by atoms with E-state index in [-0.39, 0.29) is 0 Å². The fourth-order valence-corrected chi connectivity index (χ4v) is 1.81. The Morgan fingerprint density at radius 2 is 2.04 bits per heavy atom. The first-order chi connectivity index (χ1) is 11.1. The van der Waals surface area contributed by atoms with Gasteiger partial charge in [0, 0.05) is 32.9 Å². The molecule has 0 heterocycles. The zero-order valence-electron chi connectivity index (χ0n) is 14.2. The van der Waals surface area contributed by atoms with Gasteiger partial charge in [0.25, 0.3) is 0 Å². The summed E-state index contributed by atoms with van der Waals surface area (Å²) in [5.41, 5.74) is 1.49. The van der Waals surface area contributed by atoms with E-state index in [4.69, 9.17) is 18.0 Å². The highest BCUT2D eigenvalue weighted by molar-refractivity contribution is 6.25. The Balaban J connectivity index is 5.03. The lowest BCUT2D eigenvalue weighted by Crippen LogP contribution is -2.36. The molecule has 0 aromatic rings. The van der Waals surface area contributed by atoms with E-state index in [2.05, 4.69) is 34.1 Å². The van der Waals surface area contributed by atoms with Crippen molar-refractivity contribution in [3.05, 3.63) is 48.2 Å². The molecular weight excluding hydrogens is 308 g/mol. The average Bonchev–Trinajstić information content (AvgIpc) is 2.53. The Morgan fingerprint density at radius 1 is 1.30 bits per heavy atom. The molecule has 0 aliphatic carbocycles. The number of rotatable bonds is 7. The second kappa shape index (κ2) is 13.6. The van der Waals surface area contributed by atoms with Crippen molar-refractivity contribution in [2.45, 2.75) is 13.3 Å². The number of halogens is 1. The molecule has 0 radical (unpaired) electrons. The minimum atomic E-state index is 0.296. The summed E-state index contributed by atoms with van der Waals surface area (Å²) < 4.78 is 0. The molecule has 0 N–H and O–H groups in total. The van der Waals surface area contributed by atoms with E-state index in [0.717, 1.165) is 6.42 Å². The summed E-state index contributed by atoms with van der Waals surface area (Å²) in [7, 11) is 5.50. The molecule has 1 atom stereocenters. The van der Waals surface area contributed by atoms with Gasteiger partial charge in [0.15, 0.2) is 0 Å². The average molecular weight is 333 g/mol. The largest absolute Gasteiger partial charge is 0.253 e. The number of hydrogen-bond donors (Lipinski definition) is 0. The quantitative estimate of drug-likeness (QED) is 0.177. The van der Waals surface area contributed by atoms with Crippen LogP contribution in [0, 0.1) is 18.3 Å². The number of terminal acetylenes is 1. The molecule has 0 fully saturated rings. The number of aliphatic imine (C=N–C) groups is 2. The Bertz CT molecular complexity index is 534. The summed E-state index contributed by atoms with van der Waals surface area (Å²) >= 11 is 5.52. The summed E-state index contributed by atoms with van der Waals surface area (Å²) in [6, 6.07) is 0. The van der Waals surface area contributed by atoms with Crippen LogP contribution in [0.5, 0.6) is 0 Å². The van der Waals surface area contributed by atoms with Crippen molar-refractivity contribution in [2.75, 3.05) is 21.1 Å². The SMILES string of the molecule is C#C/C=N\C(=NC)N(/C=C\CC(C=C/C=C/Cl)/C=C\C)N(C)C. The lowest BCUT2D eigenvalue weighted by molar-refractivity contribution is 0.168. The molecule has 4 nitrogen and oxygen atoms in total. The van der Waals surface area contributed by atoms with Gasteiger partial charge in [-0.1, -0.05) is 54.0 Å². The Kier molecular flexibility index (Phi) is 12.3. The van der Waals surface area contributed by atoms with Gasteiger partial charge in [-0.2, -0.15) is 0 Å². The smallest absolute Gasteiger partial charge is 0.240 e. The fraction of sp³-hybridized carbons (Fsp3) is 0.333. The van der Waals surface area contributed by atoms with E-state index in [1.807, 2.05) is 49.4 Å². The maximum Gasteiger partial charge on any atom is 0.240 e. The van der Waals surface area contributed by atoms with Crippen LogP contribution in [0.1, 0.15) is 13.3 Å². The molecule has 0 bridgehead atoms. The first kappa shape index (κ1) is 20.9. The first-order valence-corrected chi connectivity index (χ1v) is 7.69. The van der Waals surface area contributed by atoms with Crippen LogP contribution in [0.3, 0.4) is 0 Å². The second-order valence-corrected chi connectivity index (χ2v) is 4.91. The fourth-order valence-electron chi connectivity index (χ4n) is 1.73. The van der Waals surface area contributed by atoms with Crippen molar-refractivity contribution in [3.63, 3.8) is 0 Å². The van der Waals surface area contributed by atoms with Crippen LogP contribution in [0.15, 0.2) is 58.2 Å². The number of guanidine groups is 1. The topological polar surface area (TPSA) is 31.2 Å². The molecule has 0 amide bonds. The lowest BCUT2D eigenvalue weighted by Gasteiger charge is -2.25. The molecule has 5 heteroatoms. The van der Waals surface area contributed by atoms with E-state index in [1.165, 1.54) is 11.7 Å². The minimum Gasteiger partial charge on any atom is -0.253 e. The third-order valence-corrected chi connectivity index (χ3v) is 2.87. The van der Waals surface area contributed by atoms with Gasteiger partial charge in [-0.05, 0) is 19.3 Å². The monoisotopic (exact) mass is 332 g/mol. The molecule has 0 saturated carbocycles. The maximum absolute atomic E-state index is 5.52. The summed E-state index contributed by atoms with van der Waals surface area (Å²) in [5, 5.41) is 3.70. The summed E-state index contributed by atoms with van der Waals surface area (Å²) in [6.45, 7) is 2.00. The molecule has 0 saturated heterocycles. The highest BCUT2D eigenvalue weighted by Gasteiger charge is 2.08. The van der Waals surface area contributed by atoms with E-state index in [9.17, 15) is 0 Å². The third kappa shape index (κ3) is 9.51. The van der Waals surface area contributed by atoms with Crippen LogP contribution < -0.4 is 0 Å². The van der Waals surface area contributed by atoms with Crippen LogP contribution in [-0.4, -0.2) is 43.3 Å². The van der Waals surface area contributed by atoms with Gasteiger partial charge in [0.1, 0.15) is 0 Å².